The second-order valence-electron chi connectivity index (χ2n) is 5.84. The Morgan fingerprint density at radius 3 is 2.00 bits per heavy atom. The van der Waals surface area contributed by atoms with Crippen molar-refractivity contribution in [2.24, 2.45) is 5.73 Å². The van der Waals surface area contributed by atoms with E-state index in [0.717, 1.165) is 16.0 Å². The Labute approximate surface area is 151 Å². The first kappa shape index (κ1) is 19.0. The van der Waals surface area contributed by atoms with Gasteiger partial charge in [0.15, 0.2) is 0 Å². The lowest BCUT2D eigenvalue weighted by molar-refractivity contribution is -0.127. The third-order valence-corrected chi connectivity index (χ3v) is 3.78. The highest BCUT2D eigenvalue weighted by Crippen LogP contribution is 2.06. The molecule has 0 aromatic heterocycles. The Morgan fingerprint density at radius 1 is 0.962 bits per heavy atom. The van der Waals surface area contributed by atoms with Crippen LogP contribution in [0.2, 0.25) is 0 Å². The summed E-state index contributed by atoms with van der Waals surface area (Å²) in [6.07, 6.45) is -0.976. The zero-order chi connectivity index (χ0) is 18.9. The normalized spacial score (nSPS) is 11.4. The smallest absolute Gasteiger partial charge is 0.408 e. The van der Waals surface area contributed by atoms with Gasteiger partial charge in [0.1, 0.15) is 12.6 Å². The molecule has 0 fully saturated rings. The number of carbonyl (C=O) groups is 3. The first-order chi connectivity index (χ1) is 12.5. The maximum Gasteiger partial charge on any atom is 0.408 e. The van der Waals surface area contributed by atoms with E-state index in [2.05, 4.69) is 5.32 Å². The van der Waals surface area contributed by atoms with E-state index in [4.69, 9.17) is 5.73 Å². The van der Waals surface area contributed by atoms with Gasteiger partial charge in [-0.15, -0.1) is 0 Å². The fourth-order valence-corrected chi connectivity index (χ4v) is 2.48. The lowest BCUT2D eigenvalue weighted by Gasteiger charge is -2.21. The number of carboxylic acid groups (broad SMARTS) is 1. The number of nitrogens with one attached hydrogen (secondary N) is 1. The third kappa shape index (κ3) is 5.94. The molecule has 1 atom stereocenters. The molecule has 3 amide bonds. The average Bonchev–Trinajstić information content (AvgIpc) is 2.62. The number of primary amides is 1. The van der Waals surface area contributed by atoms with Crippen LogP contribution in [0.15, 0.2) is 60.7 Å². The van der Waals surface area contributed by atoms with E-state index in [-0.39, 0.29) is 19.5 Å². The number of hydrogen-bond donors (Lipinski definition) is 3. The molecule has 4 N–H and O–H groups in total. The molecular weight excluding hydrogens is 334 g/mol. The Hall–Kier alpha value is -3.35. The second kappa shape index (κ2) is 9.22. The summed E-state index contributed by atoms with van der Waals surface area (Å²) in [4.78, 5) is 36.2. The van der Waals surface area contributed by atoms with E-state index >= 15 is 0 Å². The van der Waals surface area contributed by atoms with Gasteiger partial charge in [-0.05, 0) is 11.1 Å². The molecule has 2 rings (SSSR count). The minimum absolute atomic E-state index is 0.0729. The Bertz CT molecular complexity index is 686. The van der Waals surface area contributed by atoms with E-state index in [1.165, 1.54) is 0 Å². The van der Waals surface area contributed by atoms with Gasteiger partial charge in [-0.3, -0.25) is 14.5 Å². The van der Waals surface area contributed by atoms with Crippen LogP contribution < -0.4 is 11.1 Å². The SMILES string of the molecule is NC(=O)C(Cc1ccccc1)NC(=O)CN(Cc1ccccc1)C(=O)O. The van der Waals surface area contributed by atoms with Crippen molar-refractivity contribution in [1.29, 1.82) is 0 Å². The molecule has 2 aromatic carbocycles. The largest absolute Gasteiger partial charge is 0.465 e. The highest BCUT2D eigenvalue weighted by Gasteiger charge is 2.22. The minimum Gasteiger partial charge on any atom is -0.465 e. The Morgan fingerprint density at radius 2 is 1.50 bits per heavy atom. The first-order valence-electron chi connectivity index (χ1n) is 8.10. The molecular formula is C19H21N3O4. The summed E-state index contributed by atoms with van der Waals surface area (Å²) in [6.45, 7) is -0.313. The van der Waals surface area contributed by atoms with Crippen molar-refractivity contribution < 1.29 is 19.5 Å². The monoisotopic (exact) mass is 355 g/mol. The van der Waals surface area contributed by atoms with Crippen LogP contribution in [0.25, 0.3) is 0 Å². The molecule has 0 aliphatic rings. The molecule has 7 nitrogen and oxygen atoms in total. The number of amides is 3. The number of rotatable bonds is 8. The maximum atomic E-state index is 12.2. The van der Waals surface area contributed by atoms with Crippen LogP contribution in [0.5, 0.6) is 0 Å². The molecule has 7 heteroatoms. The highest BCUT2D eigenvalue weighted by molar-refractivity contribution is 5.88. The molecule has 0 saturated heterocycles. The molecule has 0 aliphatic carbocycles. The third-order valence-electron chi connectivity index (χ3n) is 3.78. The van der Waals surface area contributed by atoms with E-state index < -0.39 is 23.9 Å². The van der Waals surface area contributed by atoms with E-state index in [1.807, 2.05) is 36.4 Å². The van der Waals surface area contributed by atoms with Gasteiger partial charge in [0.25, 0.3) is 0 Å². The molecule has 26 heavy (non-hydrogen) atoms. The van der Waals surface area contributed by atoms with Crippen LogP contribution in [-0.4, -0.2) is 40.5 Å². The number of hydrogen-bond acceptors (Lipinski definition) is 3. The van der Waals surface area contributed by atoms with E-state index in [1.54, 1.807) is 24.3 Å². The van der Waals surface area contributed by atoms with Crippen molar-refractivity contribution in [2.75, 3.05) is 6.54 Å². The van der Waals surface area contributed by atoms with Crippen molar-refractivity contribution in [1.82, 2.24) is 10.2 Å². The molecule has 1 unspecified atom stereocenters. The summed E-state index contributed by atoms with van der Waals surface area (Å²) in [5.74, 6) is -1.25. The molecule has 2 aromatic rings. The predicted molar refractivity (Wildman–Crippen MR) is 96.1 cm³/mol. The average molecular weight is 355 g/mol. The number of benzene rings is 2. The maximum absolute atomic E-state index is 12.2. The van der Waals surface area contributed by atoms with Crippen LogP contribution in [0.3, 0.4) is 0 Å². The summed E-state index contributed by atoms with van der Waals surface area (Å²) in [5, 5.41) is 11.8. The van der Waals surface area contributed by atoms with Gasteiger partial charge in [-0.25, -0.2) is 4.79 Å². The highest BCUT2D eigenvalue weighted by atomic mass is 16.4. The van der Waals surface area contributed by atoms with Gasteiger partial charge in [-0.2, -0.15) is 0 Å². The summed E-state index contributed by atoms with van der Waals surface area (Å²) in [6, 6.07) is 17.2. The fraction of sp³-hybridized carbons (Fsp3) is 0.211. The molecule has 136 valence electrons. The zero-order valence-corrected chi connectivity index (χ0v) is 14.2. The minimum atomic E-state index is -1.22. The van der Waals surface area contributed by atoms with Crippen molar-refractivity contribution in [2.45, 2.75) is 19.0 Å². The van der Waals surface area contributed by atoms with Gasteiger partial charge in [0.2, 0.25) is 11.8 Å². The standard InChI is InChI=1S/C19H21N3O4/c20-18(24)16(11-14-7-3-1-4-8-14)21-17(23)13-22(19(25)26)12-15-9-5-2-6-10-15/h1-10,16H,11-13H2,(H2,20,24)(H,21,23)(H,25,26). The summed E-state index contributed by atoms with van der Waals surface area (Å²) in [7, 11) is 0. The van der Waals surface area contributed by atoms with Crippen molar-refractivity contribution in [3.8, 4) is 0 Å². The predicted octanol–water partition coefficient (Wildman–Crippen LogP) is 1.38. The molecule has 0 saturated carbocycles. The Balaban J connectivity index is 1.98. The number of nitrogens with two attached hydrogens (primary N) is 1. The van der Waals surface area contributed by atoms with Crippen molar-refractivity contribution in [3.63, 3.8) is 0 Å². The van der Waals surface area contributed by atoms with Crippen LogP contribution >= 0.6 is 0 Å². The molecule has 0 heterocycles. The van der Waals surface area contributed by atoms with Gasteiger partial charge < -0.3 is 16.2 Å². The van der Waals surface area contributed by atoms with Crippen LogP contribution in [0.1, 0.15) is 11.1 Å². The lowest BCUT2D eigenvalue weighted by Crippen LogP contribution is -2.49. The lowest BCUT2D eigenvalue weighted by atomic mass is 10.1. The molecule has 0 radical (unpaired) electrons. The second-order valence-corrected chi connectivity index (χ2v) is 5.84. The van der Waals surface area contributed by atoms with Gasteiger partial charge >= 0.3 is 6.09 Å². The fourth-order valence-electron chi connectivity index (χ4n) is 2.48. The van der Waals surface area contributed by atoms with Crippen LogP contribution in [0, 0.1) is 0 Å². The van der Waals surface area contributed by atoms with Gasteiger partial charge in [0.05, 0.1) is 0 Å². The number of carbonyl (C=O) groups excluding carboxylic acids is 2. The summed E-state index contributed by atoms with van der Waals surface area (Å²) in [5.41, 5.74) is 6.97. The quantitative estimate of drug-likeness (QED) is 0.664. The first-order valence-corrected chi connectivity index (χ1v) is 8.10. The molecule has 0 aliphatic heterocycles. The summed E-state index contributed by atoms with van der Waals surface area (Å²) >= 11 is 0. The van der Waals surface area contributed by atoms with Crippen LogP contribution in [-0.2, 0) is 22.6 Å². The number of nitrogens with zero attached hydrogens (tertiary/aromatic N) is 1. The molecule has 0 bridgehead atoms. The zero-order valence-electron chi connectivity index (χ0n) is 14.2. The van der Waals surface area contributed by atoms with Gasteiger partial charge in [0, 0.05) is 13.0 Å². The molecule has 0 spiro atoms. The van der Waals surface area contributed by atoms with Crippen molar-refractivity contribution in [3.05, 3.63) is 71.8 Å². The van der Waals surface area contributed by atoms with Crippen LogP contribution in [0.4, 0.5) is 4.79 Å². The van der Waals surface area contributed by atoms with E-state index in [0.29, 0.717) is 0 Å². The Kier molecular flexibility index (Phi) is 6.73. The van der Waals surface area contributed by atoms with Gasteiger partial charge in [-0.1, -0.05) is 60.7 Å². The summed E-state index contributed by atoms with van der Waals surface area (Å²) < 4.78 is 0. The topological polar surface area (TPSA) is 113 Å². The van der Waals surface area contributed by atoms with E-state index in [9.17, 15) is 19.5 Å². The van der Waals surface area contributed by atoms with Crippen molar-refractivity contribution >= 4 is 17.9 Å².